The Bertz CT molecular complexity index is 499. The van der Waals surface area contributed by atoms with E-state index in [2.05, 4.69) is 29.1 Å². The van der Waals surface area contributed by atoms with Gasteiger partial charge in [-0.1, -0.05) is 6.42 Å². The van der Waals surface area contributed by atoms with Crippen molar-refractivity contribution < 1.29 is 9.53 Å². The number of carbonyl (C=O) groups excluding carboxylic acids is 1. The standard InChI is InChI=1S/C20H38N4O2S.HI/c1-5-21-19(22-14-20(27-4)9-11-26-12-10-20)24-17-8-6-7-16(13-17)18(25)23-15(2)3;/h15-17H,5-14H2,1-4H3,(H,23,25)(H2,21,22,24);1H. The summed E-state index contributed by atoms with van der Waals surface area (Å²) >= 11 is 1.91. The van der Waals surface area contributed by atoms with Crippen LogP contribution in [0.5, 0.6) is 0 Å². The highest BCUT2D eigenvalue weighted by atomic mass is 127. The maximum atomic E-state index is 12.4. The summed E-state index contributed by atoms with van der Waals surface area (Å²) in [6.45, 7) is 9.43. The van der Waals surface area contributed by atoms with E-state index in [1.807, 2.05) is 25.6 Å². The van der Waals surface area contributed by atoms with Crippen molar-refractivity contribution in [2.24, 2.45) is 10.9 Å². The maximum Gasteiger partial charge on any atom is 0.223 e. The molecule has 3 N–H and O–H groups in total. The van der Waals surface area contributed by atoms with Crippen LogP contribution >= 0.6 is 35.7 Å². The Labute approximate surface area is 192 Å². The van der Waals surface area contributed by atoms with E-state index in [-0.39, 0.29) is 46.6 Å². The van der Waals surface area contributed by atoms with Crippen LogP contribution in [0.25, 0.3) is 0 Å². The van der Waals surface area contributed by atoms with Crippen molar-refractivity contribution in [2.75, 3.05) is 32.6 Å². The number of aliphatic imine (C=N–C) groups is 1. The third kappa shape index (κ3) is 8.26. The number of amides is 1. The molecule has 1 saturated heterocycles. The number of hydrogen-bond donors (Lipinski definition) is 3. The summed E-state index contributed by atoms with van der Waals surface area (Å²) in [5.41, 5.74) is 0. The zero-order valence-electron chi connectivity index (χ0n) is 17.9. The normalized spacial score (nSPS) is 25.0. The van der Waals surface area contributed by atoms with Crippen LogP contribution in [-0.2, 0) is 9.53 Å². The molecule has 2 unspecified atom stereocenters. The topological polar surface area (TPSA) is 74.8 Å². The quantitative estimate of drug-likeness (QED) is 0.270. The van der Waals surface area contributed by atoms with E-state index in [4.69, 9.17) is 9.73 Å². The molecule has 0 bridgehead atoms. The van der Waals surface area contributed by atoms with Crippen LogP contribution in [0.1, 0.15) is 59.3 Å². The van der Waals surface area contributed by atoms with Crippen molar-refractivity contribution in [1.29, 1.82) is 0 Å². The molecular weight excluding hydrogens is 487 g/mol. The van der Waals surface area contributed by atoms with E-state index < -0.39 is 0 Å². The van der Waals surface area contributed by atoms with Crippen LogP contribution in [0.15, 0.2) is 4.99 Å². The lowest BCUT2D eigenvalue weighted by Gasteiger charge is -2.35. The first kappa shape index (κ1) is 25.8. The molecule has 1 aliphatic heterocycles. The zero-order valence-corrected chi connectivity index (χ0v) is 21.0. The van der Waals surface area contributed by atoms with Gasteiger partial charge in [-0.2, -0.15) is 11.8 Å². The highest BCUT2D eigenvalue weighted by Crippen LogP contribution is 2.34. The highest BCUT2D eigenvalue weighted by molar-refractivity contribution is 14.0. The molecular formula is C20H39IN4O2S. The van der Waals surface area contributed by atoms with Gasteiger partial charge in [0.1, 0.15) is 0 Å². The number of hydrogen-bond acceptors (Lipinski definition) is 4. The Morgan fingerprint density at radius 1 is 1.29 bits per heavy atom. The van der Waals surface area contributed by atoms with Gasteiger partial charge in [-0.05, 0) is 59.1 Å². The van der Waals surface area contributed by atoms with Gasteiger partial charge < -0.3 is 20.7 Å². The Morgan fingerprint density at radius 3 is 2.61 bits per heavy atom. The highest BCUT2D eigenvalue weighted by Gasteiger charge is 2.32. The summed E-state index contributed by atoms with van der Waals surface area (Å²) in [4.78, 5) is 17.3. The van der Waals surface area contributed by atoms with Crippen molar-refractivity contribution in [1.82, 2.24) is 16.0 Å². The first-order chi connectivity index (χ1) is 13.0. The molecule has 0 aromatic carbocycles. The first-order valence-electron chi connectivity index (χ1n) is 10.5. The van der Waals surface area contributed by atoms with E-state index in [1.165, 1.54) is 0 Å². The van der Waals surface area contributed by atoms with Gasteiger partial charge in [0.25, 0.3) is 0 Å². The Balaban J connectivity index is 0.00000392. The molecule has 0 aromatic rings. The number of nitrogens with zero attached hydrogens (tertiary/aromatic N) is 1. The molecule has 164 valence electrons. The molecule has 2 rings (SSSR count). The maximum absolute atomic E-state index is 12.4. The van der Waals surface area contributed by atoms with Crippen molar-refractivity contribution in [2.45, 2.75) is 76.1 Å². The largest absolute Gasteiger partial charge is 0.381 e. The lowest BCUT2D eigenvalue weighted by atomic mass is 9.85. The van der Waals surface area contributed by atoms with Gasteiger partial charge in [0.15, 0.2) is 5.96 Å². The molecule has 2 fully saturated rings. The molecule has 1 amide bonds. The van der Waals surface area contributed by atoms with E-state index >= 15 is 0 Å². The minimum Gasteiger partial charge on any atom is -0.381 e. The average Bonchev–Trinajstić information content (AvgIpc) is 2.67. The smallest absolute Gasteiger partial charge is 0.223 e. The fraction of sp³-hybridized carbons (Fsp3) is 0.900. The van der Waals surface area contributed by atoms with Crippen LogP contribution < -0.4 is 16.0 Å². The van der Waals surface area contributed by atoms with Crippen LogP contribution in [0.4, 0.5) is 0 Å². The number of nitrogens with one attached hydrogen (secondary N) is 3. The fourth-order valence-electron chi connectivity index (χ4n) is 3.87. The number of ether oxygens (including phenoxy) is 1. The van der Waals surface area contributed by atoms with Gasteiger partial charge in [0.05, 0.1) is 6.54 Å². The third-order valence-corrected chi connectivity index (χ3v) is 6.93. The van der Waals surface area contributed by atoms with Gasteiger partial charge in [-0.3, -0.25) is 9.79 Å². The Hall–Kier alpha value is -0.220. The molecule has 8 heteroatoms. The number of guanidine groups is 1. The zero-order chi connectivity index (χ0) is 19.7. The van der Waals surface area contributed by atoms with Gasteiger partial charge >= 0.3 is 0 Å². The minimum absolute atomic E-state index is 0. The lowest BCUT2D eigenvalue weighted by Crippen LogP contribution is -2.48. The van der Waals surface area contributed by atoms with Crippen molar-refractivity contribution in [3.63, 3.8) is 0 Å². The van der Waals surface area contributed by atoms with E-state index in [9.17, 15) is 4.79 Å². The number of halogens is 1. The van der Waals surface area contributed by atoms with Crippen LogP contribution in [0.2, 0.25) is 0 Å². The molecule has 1 saturated carbocycles. The van der Waals surface area contributed by atoms with Crippen LogP contribution in [-0.4, -0.2) is 61.3 Å². The summed E-state index contributed by atoms with van der Waals surface area (Å²) < 4.78 is 5.72. The molecule has 28 heavy (non-hydrogen) atoms. The second kappa shape index (κ2) is 13.2. The summed E-state index contributed by atoms with van der Waals surface area (Å²) in [6.07, 6.45) is 8.33. The van der Waals surface area contributed by atoms with Crippen molar-refractivity contribution >= 4 is 47.6 Å². The lowest BCUT2D eigenvalue weighted by molar-refractivity contribution is -0.126. The van der Waals surface area contributed by atoms with Crippen LogP contribution in [0.3, 0.4) is 0 Å². The SMILES string of the molecule is CCNC(=NCC1(SC)CCOCC1)NC1CCCC(C(=O)NC(C)C)C1.I. The van der Waals surface area contributed by atoms with E-state index in [0.29, 0.717) is 6.04 Å². The summed E-state index contributed by atoms with van der Waals surface area (Å²) in [6, 6.07) is 0.506. The summed E-state index contributed by atoms with van der Waals surface area (Å²) in [5, 5.41) is 10.0. The monoisotopic (exact) mass is 526 g/mol. The molecule has 0 spiro atoms. The second-order valence-electron chi connectivity index (χ2n) is 8.06. The van der Waals surface area contributed by atoms with Gasteiger partial charge in [0, 0.05) is 42.5 Å². The van der Waals surface area contributed by atoms with E-state index in [1.54, 1.807) is 0 Å². The molecule has 1 heterocycles. The Kier molecular flexibility index (Phi) is 12.1. The molecule has 6 nitrogen and oxygen atoms in total. The van der Waals surface area contributed by atoms with Gasteiger partial charge in [-0.25, -0.2) is 0 Å². The molecule has 0 aromatic heterocycles. The van der Waals surface area contributed by atoms with Gasteiger partial charge in [-0.15, -0.1) is 24.0 Å². The Morgan fingerprint density at radius 2 is 2.00 bits per heavy atom. The predicted octanol–water partition coefficient (Wildman–Crippen LogP) is 3.16. The van der Waals surface area contributed by atoms with Crippen molar-refractivity contribution in [3.05, 3.63) is 0 Å². The number of rotatable bonds is 7. The van der Waals surface area contributed by atoms with Gasteiger partial charge in [0.2, 0.25) is 5.91 Å². The fourth-order valence-corrected chi connectivity index (χ4v) is 4.64. The molecule has 0 radical (unpaired) electrons. The molecule has 2 atom stereocenters. The number of thioether (sulfide) groups is 1. The number of carbonyl (C=O) groups is 1. The minimum atomic E-state index is 0. The molecule has 1 aliphatic carbocycles. The average molecular weight is 527 g/mol. The third-order valence-electron chi connectivity index (χ3n) is 5.52. The second-order valence-corrected chi connectivity index (χ2v) is 9.34. The summed E-state index contributed by atoms with van der Waals surface area (Å²) in [7, 11) is 0. The predicted molar refractivity (Wildman–Crippen MR) is 130 cm³/mol. The van der Waals surface area contributed by atoms with Crippen molar-refractivity contribution in [3.8, 4) is 0 Å². The van der Waals surface area contributed by atoms with Crippen LogP contribution in [0, 0.1) is 5.92 Å². The van der Waals surface area contributed by atoms with E-state index in [0.717, 1.165) is 70.8 Å². The molecule has 2 aliphatic rings. The summed E-state index contributed by atoms with van der Waals surface area (Å²) in [5.74, 6) is 1.18. The first-order valence-corrected chi connectivity index (χ1v) is 11.7.